The highest BCUT2D eigenvalue weighted by molar-refractivity contribution is 6.26. The predicted molar refractivity (Wildman–Crippen MR) is 133 cm³/mol. The van der Waals surface area contributed by atoms with Gasteiger partial charge in [-0.15, -0.1) is 5.10 Å². The van der Waals surface area contributed by atoms with Crippen molar-refractivity contribution in [1.29, 1.82) is 0 Å². The summed E-state index contributed by atoms with van der Waals surface area (Å²) in [6, 6.07) is 21.7. The molecule has 0 saturated heterocycles. The van der Waals surface area contributed by atoms with E-state index in [0.29, 0.717) is 44.5 Å². The minimum absolute atomic E-state index is 0.00109. The van der Waals surface area contributed by atoms with Crippen molar-refractivity contribution in [3.8, 4) is 22.5 Å². The molecule has 0 radical (unpaired) electrons. The number of aliphatic hydroxyl groups is 1. The maximum Gasteiger partial charge on any atom is 0.259 e. The monoisotopic (exact) mass is 463 g/mol. The Morgan fingerprint density at radius 1 is 0.886 bits per heavy atom. The average molecular weight is 463 g/mol. The number of ketones is 1. The molecule has 35 heavy (non-hydrogen) atoms. The summed E-state index contributed by atoms with van der Waals surface area (Å²) in [7, 11) is 0. The van der Waals surface area contributed by atoms with Crippen molar-refractivity contribution in [1.82, 2.24) is 19.6 Å². The van der Waals surface area contributed by atoms with Gasteiger partial charge in [-0.1, -0.05) is 59.8 Å². The zero-order valence-corrected chi connectivity index (χ0v) is 18.6. The number of nitrogens with zero attached hydrogens (tertiary/aromatic N) is 4. The highest BCUT2D eigenvalue weighted by Gasteiger charge is 2.32. The van der Waals surface area contributed by atoms with Gasteiger partial charge in [0.2, 0.25) is 0 Å². The first kappa shape index (κ1) is 21.0. The molecule has 0 amide bonds. The summed E-state index contributed by atoms with van der Waals surface area (Å²) in [4.78, 5) is 26.8. The number of carbonyl (C=O) groups is 1. The van der Waals surface area contributed by atoms with E-state index in [-0.39, 0.29) is 24.4 Å². The minimum atomic E-state index is -0.948. The van der Waals surface area contributed by atoms with Gasteiger partial charge >= 0.3 is 0 Å². The van der Waals surface area contributed by atoms with Crippen LogP contribution in [-0.2, 0) is 13.1 Å². The summed E-state index contributed by atoms with van der Waals surface area (Å²) in [5, 5.41) is 20.3. The third kappa shape index (κ3) is 3.43. The Balaban J connectivity index is 1.38. The standard InChI is InChI=1S/C27H21N5O3/c28-17-7-5-6-16(12-17)23-15-31(30-29-23)13-18(33)14-32-25-20-9-2-3-10-21(20)26(34)24(25)19-8-1-4-11-22(19)27(32)35/h1-12,15,18,33H,13-14,28H2. The van der Waals surface area contributed by atoms with Gasteiger partial charge < -0.3 is 15.4 Å². The van der Waals surface area contributed by atoms with Gasteiger partial charge in [0.1, 0.15) is 5.69 Å². The van der Waals surface area contributed by atoms with Crippen LogP contribution >= 0.6 is 0 Å². The molecule has 8 nitrogen and oxygen atoms in total. The van der Waals surface area contributed by atoms with E-state index in [9.17, 15) is 14.7 Å². The first-order valence-corrected chi connectivity index (χ1v) is 11.2. The van der Waals surface area contributed by atoms with Gasteiger partial charge in [0.05, 0.1) is 36.6 Å². The van der Waals surface area contributed by atoms with Crippen LogP contribution in [-0.4, -0.2) is 36.6 Å². The molecule has 0 fully saturated rings. The number of carbonyl (C=O) groups excluding carboxylic acids is 1. The average Bonchev–Trinajstić information content (AvgIpc) is 3.45. The molecular weight excluding hydrogens is 442 g/mol. The van der Waals surface area contributed by atoms with Crippen LogP contribution in [0.15, 0.2) is 83.8 Å². The molecule has 0 saturated carbocycles. The summed E-state index contributed by atoms with van der Waals surface area (Å²) < 4.78 is 3.05. The van der Waals surface area contributed by atoms with Crippen molar-refractivity contribution < 1.29 is 9.90 Å². The summed E-state index contributed by atoms with van der Waals surface area (Å²) in [5.41, 5.74) is 10.00. The second kappa shape index (κ2) is 8.03. The molecule has 1 aliphatic carbocycles. The van der Waals surface area contributed by atoms with Crippen molar-refractivity contribution in [2.45, 2.75) is 19.2 Å². The first-order valence-electron chi connectivity index (χ1n) is 11.2. The van der Waals surface area contributed by atoms with Crippen molar-refractivity contribution in [2.24, 2.45) is 0 Å². The van der Waals surface area contributed by atoms with Crippen molar-refractivity contribution in [3.63, 3.8) is 0 Å². The van der Waals surface area contributed by atoms with Gasteiger partial charge in [0, 0.05) is 33.2 Å². The van der Waals surface area contributed by atoms with Crippen LogP contribution in [0.3, 0.4) is 0 Å². The number of pyridine rings is 1. The Bertz CT molecular complexity index is 1680. The van der Waals surface area contributed by atoms with Crippen molar-refractivity contribution in [3.05, 3.63) is 100 Å². The third-order valence-electron chi connectivity index (χ3n) is 6.34. The number of benzene rings is 3. The summed E-state index contributed by atoms with van der Waals surface area (Å²) in [6.07, 6.45) is 0.779. The molecule has 1 aliphatic rings. The Morgan fingerprint density at radius 3 is 2.43 bits per heavy atom. The number of aromatic nitrogens is 4. The predicted octanol–water partition coefficient (Wildman–Crippen LogP) is 3.11. The Morgan fingerprint density at radius 2 is 1.63 bits per heavy atom. The van der Waals surface area contributed by atoms with Gasteiger partial charge in [0.15, 0.2) is 5.78 Å². The highest BCUT2D eigenvalue weighted by Crippen LogP contribution is 2.39. The SMILES string of the molecule is Nc1cccc(-c2cn(CC(O)Cn3c4c(c5ccccc5c3=O)C(=O)c3ccccc3-4)nn2)c1. The largest absolute Gasteiger partial charge is 0.399 e. The number of rotatable bonds is 5. The Hall–Kier alpha value is -4.56. The van der Waals surface area contributed by atoms with E-state index >= 15 is 0 Å². The van der Waals surface area contributed by atoms with Crippen LogP contribution in [0.2, 0.25) is 0 Å². The second-order valence-electron chi connectivity index (χ2n) is 8.66. The van der Waals surface area contributed by atoms with Crippen LogP contribution < -0.4 is 11.3 Å². The third-order valence-corrected chi connectivity index (χ3v) is 6.34. The Kier molecular flexibility index (Phi) is 4.82. The van der Waals surface area contributed by atoms with Gasteiger partial charge in [-0.05, 0) is 18.2 Å². The lowest BCUT2D eigenvalue weighted by molar-refractivity contribution is 0.104. The lowest BCUT2D eigenvalue weighted by Gasteiger charge is -2.18. The minimum Gasteiger partial charge on any atom is -0.399 e. The molecule has 1 atom stereocenters. The van der Waals surface area contributed by atoms with Crippen LogP contribution in [0.5, 0.6) is 0 Å². The molecule has 0 spiro atoms. The lowest BCUT2D eigenvalue weighted by Crippen LogP contribution is -2.31. The number of anilines is 1. The molecule has 1 unspecified atom stereocenters. The van der Waals surface area contributed by atoms with Gasteiger partial charge in [-0.25, -0.2) is 4.68 Å². The number of nitrogen functional groups attached to an aromatic ring is 1. The number of nitrogens with two attached hydrogens (primary N) is 1. The Labute approximate surface area is 199 Å². The number of hydrogen-bond acceptors (Lipinski definition) is 6. The van der Waals surface area contributed by atoms with E-state index < -0.39 is 6.10 Å². The van der Waals surface area contributed by atoms with Crippen LogP contribution in [0, 0.1) is 0 Å². The normalized spacial score (nSPS) is 13.1. The smallest absolute Gasteiger partial charge is 0.259 e. The van der Waals surface area contributed by atoms with Gasteiger partial charge in [0.25, 0.3) is 5.56 Å². The fraction of sp³-hybridized carbons (Fsp3) is 0.111. The molecule has 3 N–H and O–H groups in total. The van der Waals surface area contributed by atoms with E-state index in [1.165, 1.54) is 9.25 Å². The zero-order valence-electron chi connectivity index (χ0n) is 18.6. The molecular formula is C27H21N5O3. The van der Waals surface area contributed by atoms with Crippen molar-refractivity contribution in [2.75, 3.05) is 5.73 Å². The van der Waals surface area contributed by atoms with E-state index in [2.05, 4.69) is 10.3 Å². The molecule has 0 aliphatic heterocycles. The molecule has 8 heteroatoms. The maximum absolute atomic E-state index is 13.5. The van der Waals surface area contributed by atoms with Crippen LogP contribution in [0.1, 0.15) is 15.9 Å². The maximum atomic E-state index is 13.5. The molecule has 172 valence electrons. The van der Waals surface area contributed by atoms with E-state index in [0.717, 1.165) is 5.56 Å². The lowest BCUT2D eigenvalue weighted by atomic mass is 10.0. The zero-order chi connectivity index (χ0) is 24.1. The van der Waals surface area contributed by atoms with E-state index in [4.69, 9.17) is 5.73 Å². The van der Waals surface area contributed by atoms with E-state index in [1.54, 1.807) is 42.6 Å². The second-order valence-corrected chi connectivity index (χ2v) is 8.66. The summed E-state index contributed by atoms with van der Waals surface area (Å²) in [6.45, 7) is 0.125. The fourth-order valence-corrected chi connectivity index (χ4v) is 4.81. The van der Waals surface area contributed by atoms with Gasteiger partial charge in [-0.2, -0.15) is 0 Å². The van der Waals surface area contributed by atoms with Crippen LogP contribution in [0.25, 0.3) is 33.3 Å². The van der Waals surface area contributed by atoms with Crippen molar-refractivity contribution >= 4 is 22.2 Å². The number of hydrogen-bond donors (Lipinski definition) is 2. The highest BCUT2D eigenvalue weighted by atomic mass is 16.3. The molecule has 0 bridgehead atoms. The van der Waals surface area contributed by atoms with E-state index in [1.807, 2.05) is 36.4 Å². The molecule has 3 aromatic carbocycles. The number of aliphatic hydroxyl groups excluding tert-OH is 1. The molecule has 5 aromatic rings. The number of fused-ring (bicyclic) bond motifs is 5. The molecule has 2 aromatic heterocycles. The molecule has 2 heterocycles. The quantitative estimate of drug-likeness (QED) is 0.380. The first-order chi connectivity index (χ1) is 17.0. The molecule has 6 rings (SSSR count). The topological polar surface area (TPSA) is 116 Å². The summed E-state index contributed by atoms with van der Waals surface area (Å²) in [5.74, 6) is -0.113. The summed E-state index contributed by atoms with van der Waals surface area (Å²) >= 11 is 0. The fourth-order valence-electron chi connectivity index (χ4n) is 4.81. The van der Waals surface area contributed by atoms with Gasteiger partial charge in [-0.3, -0.25) is 9.59 Å². The van der Waals surface area contributed by atoms with Crippen LogP contribution in [0.4, 0.5) is 5.69 Å².